The molecule has 8 nitrogen and oxygen atoms in total. The quantitative estimate of drug-likeness (QED) is 0.816. The summed E-state index contributed by atoms with van der Waals surface area (Å²) in [5.74, 6) is -1.84. The van der Waals surface area contributed by atoms with Crippen LogP contribution in [0.1, 0.15) is 17.0 Å². The standard InChI is InChI=1S/C15H18N2O6S2/c1-8-5-12(23-16-8)13-6-14(9(2)24-13)25(21,22)17-4-3-11(18)10(7-17)15(19)20/h5-6,10-11,18H,3-4,7H2,1-2H3,(H,19,20)/t10-,11-/m0/s1. The summed E-state index contributed by atoms with van der Waals surface area (Å²) in [5.41, 5.74) is 0.694. The van der Waals surface area contributed by atoms with Crippen molar-refractivity contribution in [2.75, 3.05) is 13.1 Å². The molecule has 1 saturated heterocycles. The minimum atomic E-state index is -3.86. The van der Waals surface area contributed by atoms with Crippen LogP contribution >= 0.6 is 11.3 Å². The Balaban J connectivity index is 1.92. The molecule has 0 unspecified atom stereocenters. The van der Waals surface area contributed by atoms with Crippen LogP contribution in [0.4, 0.5) is 0 Å². The summed E-state index contributed by atoms with van der Waals surface area (Å²) in [5, 5.41) is 22.8. The second kappa shape index (κ2) is 6.52. The highest BCUT2D eigenvalue weighted by molar-refractivity contribution is 7.89. The molecule has 1 aliphatic heterocycles. The van der Waals surface area contributed by atoms with Gasteiger partial charge in [0.15, 0.2) is 5.76 Å². The van der Waals surface area contributed by atoms with Crippen molar-refractivity contribution in [3.63, 3.8) is 0 Å². The predicted octanol–water partition coefficient (Wildman–Crippen LogP) is 1.48. The first kappa shape index (κ1) is 18.1. The van der Waals surface area contributed by atoms with Gasteiger partial charge in [0.05, 0.1) is 27.5 Å². The fourth-order valence-corrected chi connectivity index (χ4v) is 5.82. The third kappa shape index (κ3) is 3.34. The molecule has 0 amide bonds. The molecule has 2 N–H and O–H groups in total. The van der Waals surface area contributed by atoms with E-state index in [-0.39, 0.29) is 24.4 Å². The summed E-state index contributed by atoms with van der Waals surface area (Å²) >= 11 is 1.27. The molecule has 2 aromatic heterocycles. The maximum atomic E-state index is 12.9. The van der Waals surface area contributed by atoms with E-state index in [2.05, 4.69) is 5.16 Å². The zero-order valence-electron chi connectivity index (χ0n) is 13.7. The van der Waals surface area contributed by atoms with Crippen molar-refractivity contribution in [1.29, 1.82) is 0 Å². The van der Waals surface area contributed by atoms with Crippen LogP contribution in [-0.2, 0) is 14.8 Å². The van der Waals surface area contributed by atoms with Gasteiger partial charge < -0.3 is 14.7 Å². The van der Waals surface area contributed by atoms with E-state index in [1.54, 1.807) is 19.9 Å². The Morgan fingerprint density at radius 2 is 2.12 bits per heavy atom. The molecule has 2 atom stereocenters. The van der Waals surface area contributed by atoms with Gasteiger partial charge in [-0.15, -0.1) is 11.3 Å². The molecule has 0 saturated carbocycles. The lowest BCUT2D eigenvalue weighted by Crippen LogP contribution is -2.48. The summed E-state index contributed by atoms with van der Waals surface area (Å²) in [6, 6.07) is 3.25. The van der Waals surface area contributed by atoms with E-state index in [9.17, 15) is 23.4 Å². The lowest BCUT2D eigenvalue weighted by atomic mass is 9.96. The molecular formula is C15H18N2O6S2. The summed E-state index contributed by atoms with van der Waals surface area (Å²) in [7, 11) is -3.86. The zero-order valence-corrected chi connectivity index (χ0v) is 15.3. The Kier molecular flexibility index (Phi) is 4.71. The second-order valence-corrected chi connectivity index (χ2v) is 9.19. The lowest BCUT2D eigenvalue weighted by Gasteiger charge is -2.33. The smallest absolute Gasteiger partial charge is 0.310 e. The van der Waals surface area contributed by atoms with Gasteiger partial charge >= 0.3 is 5.97 Å². The van der Waals surface area contributed by atoms with Gasteiger partial charge in [0.25, 0.3) is 0 Å². The van der Waals surface area contributed by atoms with Crippen molar-refractivity contribution in [3.8, 4) is 10.6 Å². The van der Waals surface area contributed by atoms with Gasteiger partial charge in [-0.05, 0) is 26.3 Å². The number of hydrogen-bond acceptors (Lipinski definition) is 7. The summed E-state index contributed by atoms with van der Waals surface area (Å²) in [6.07, 6.45) is -0.951. The summed E-state index contributed by atoms with van der Waals surface area (Å²) < 4.78 is 32.2. The maximum Gasteiger partial charge on any atom is 0.310 e. The van der Waals surface area contributed by atoms with Crippen LogP contribution in [0, 0.1) is 19.8 Å². The first-order valence-electron chi connectivity index (χ1n) is 7.65. The maximum absolute atomic E-state index is 12.9. The number of aliphatic hydroxyl groups excluding tert-OH is 1. The first-order chi connectivity index (χ1) is 11.7. The average Bonchev–Trinajstić information content (AvgIpc) is 3.13. The number of sulfonamides is 1. The molecular weight excluding hydrogens is 368 g/mol. The van der Waals surface area contributed by atoms with Crippen LogP contribution in [0.2, 0.25) is 0 Å². The predicted molar refractivity (Wildman–Crippen MR) is 89.8 cm³/mol. The Labute approximate surface area is 148 Å². The zero-order chi connectivity index (χ0) is 18.4. The van der Waals surface area contributed by atoms with Gasteiger partial charge in [0.2, 0.25) is 10.0 Å². The minimum absolute atomic E-state index is 0.0827. The number of thiophene rings is 1. The highest BCUT2D eigenvalue weighted by Gasteiger charge is 2.39. The third-order valence-corrected chi connectivity index (χ3v) is 7.40. The largest absolute Gasteiger partial charge is 0.481 e. The SMILES string of the molecule is Cc1cc(-c2cc(S(=O)(=O)N3CC[C@H](O)[C@@H](C(=O)O)C3)c(C)s2)on1. The lowest BCUT2D eigenvalue weighted by molar-refractivity contribution is -0.147. The van der Waals surface area contributed by atoms with Gasteiger partial charge in [-0.25, -0.2) is 8.42 Å². The van der Waals surface area contributed by atoms with E-state index in [0.29, 0.717) is 21.2 Å². The Hall–Kier alpha value is -1.75. The average molecular weight is 386 g/mol. The van der Waals surface area contributed by atoms with Crippen LogP contribution < -0.4 is 0 Å². The Morgan fingerprint density at radius 1 is 1.40 bits per heavy atom. The molecule has 0 aromatic carbocycles. The number of carboxylic acid groups (broad SMARTS) is 1. The van der Waals surface area contributed by atoms with Gasteiger partial charge in [-0.3, -0.25) is 4.79 Å². The van der Waals surface area contributed by atoms with E-state index in [1.165, 1.54) is 17.4 Å². The number of aliphatic carboxylic acids is 1. The normalized spacial score (nSPS) is 22.2. The number of rotatable bonds is 4. The van der Waals surface area contributed by atoms with Crippen LogP contribution in [0.5, 0.6) is 0 Å². The van der Waals surface area contributed by atoms with Crippen molar-refractivity contribution in [1.82, 2.24) is 9.46 Å². The van der Waals surface area contributed by atoms with Crippen LogP contribution in [0.25, 0.3) is 10.6 Å². The van der Waals surface area contributed by atoms with E-state index in [4.69, 9.17) is 4.52 Å². The van der Waals surface area contributed by atoms with Crippen molar-refractivity contribution in [3.05, 3.63) is 22.7 Å². The van der Waals surface area contributed by atoms with Crippen molar-refractivity contribution in [2.45, 2.75) is 31.3 Å². The van der Waals surface area contributed by atoms with Crippen LogP contribution in [0.3, 0.4) is 0 Å². The minimum Gasteiger partial charge on any atom is -0.481 e. The molecule has 0 radical (unpaired) electrons. The molecule has 0 spiro atoms. The molecule has 10 heteroatoms. The van der Waals surface area contributed by atoms with Gasteiger partial charge in [-0.2, -0.15) is 4.31 Å². The summed E-state index contributed by atoms with van der Waals surface area (Å²) in [6.45, 7) is 3.30. The van der Waals surface area contributed by atoms with Crippen LogP contribution in [0.15, 0.2) is 21.6 Å². The molecule has 2 aromatic rings. The number of piperidine rings is 1. The molecule has 3 rings (SSSR count). The first-order valence-corrected chi connectivity index (χ1v) is 9.91. The van der Waals surface area contributed by atoms with Crippen molar-refractivity contribution < 1.29 is 27.9 Å². The molecule has 1 aliphatic rings. The number of carboxylic acids is 1. The van der Waals surface area contributed by atoms with E-state index < -0.39 is 28.0 Å². The third-order valence-electron chi connectivity index (χ3n) is 4.22. The van der Waals surface area contributed by atoms with Gasteiger partial charge in [-0.1, -0.05) is 5.16 Å². The molecule has 3 heterocycles. The second-order valence-electron chi connectivity index (χ2n) is 6.03. The van der Waals surface area contributed by atoms with Gasteiger partial charge in [0.1, 0.15) is 0 Å². The van der Waals surface area contributed by atoms with Crippen molar-refractivity contribution >= 4 is 27.3 Å². The molecule has 0 aliphatic carbocycles. The molecule has 1 fully saturated rings. The number of hydrogen-bond donors (Lipinski definition) is 2. The number of aryl methyl sites for hydroxylation is 2. The van der Waals surface area contributed by atoms with Crippen molar-refractivity contribution in [2.24, 2.45) is 5.92 Å². The summed E-state index contributed by atoms with van der Waals surface area (Å²) in [4.78, 5) is 12.6. The number of aromatic nitrogens is 1. The number of nitrogens with zero attached hydrogens (tertiary/aromatic N) is 2. The molecule has 136 valence electrons. The Bertz CT molecular complexity index is 901. The monoisotopic (exact) mass is 386 g/mol. The number of aliphatic hydroxyl groups is 1. The molecule has 25 heavy (non-hydrogen) atoms. The van der Waals surface area contributed by atoms with E-state index in [1.807, 2.05) is 0 Å². The number of carbonyl (C=O) groups is 1. The fraction of sp³-hybridized carbons (Fsp3) is 0.467. The van der Waals surface area contributed by atoms with Crippen LogP contribution in [-0.4, -0.2) is 53.3 Å². The highest BCUT2D eigenvalue weighted by Crippen LogP contribution is 2.36. The van der Waals surface area contributed by atoms with Gasteiger partial charge in [0, 0.05) is 24.0 Å². The highest BCUT2D eigenvalue weighted by atomic mass is 32.2. The molecule has 0 bridgehead atoms. The topological polar surface area (TPSA) is 121 Å². The Morgan fingerprint density at radius 3 is 2.72 bits per heavy atom. The van der Waals surface area contributed by atoms with E-state index in [0.717, 1.165) is 4.31 Å². The van der Waals surface area contributed by atoms with E-state index >= 15 is 0 Å². The fourth-order valence-electron chi connectivity index (χ4n) is 2.83.